The van der Waals surface area contributed by atoms with Crippen molar-refractivity contribution in [2.24, 2.45) is 5.10 Å². The summed E-state index contributed by atoms with van der Waals surface area (Å²) < 4.78 is 6.79. The van der Waals surface area contributed by atoms with Crippen LogP contribution in [0.2, 0.25) is 0 Å². The molecule has 8 heteroatoms. The minimum absolute atomic E-state index is 0.0111. The van der Waals surface area contributed by atoms with Crippen LogP contribution in [-0.2, 0) is 11.3 Å². The maximum absolute atomic E-state index is 12.0. The fraction of sp³-hybridized carbons (Fsp3) is 0.176. The van der Waals surface area contributed by atoms with Gasteiger partial charge in [0.25, 0.3) is 5.91 Å². The predicted molar refractivity (Wildman–Crippen MR) is 92.5 cm³/mol. The summed E-state index contributed by atoms with van der Waals surface area (Å²) in [5, 5.41) is 21.9. The zero-order valence-corrected chi connectivity index (χ0v) is 13.6. The molecule has 0 spiro atoms. The Balaban J connectivity index is 1.64. The van der Waals surface area contributed by atoms with Crippen molar-refractivity contribution < 1.29 is 14.6 Å². The molecule has 1 amide bonds. The third-order valence-corrected chi connectivity index (χ3v) is 3.44. The van der Waals surface area contributed by atoms with E-state index in [4.69, 9.17) is 4.74 Å². The van der Waals surface area contributed by atoms with Crippen LogP contribution >= 0.6 is 0 Å². The van der Waals surface area contributed by atoms with Crippen molar-refractivity contribution >= 4 is 23.2 Å². The lowest BCUT2D eigenvalue weighted by atomic mass is 10.2. The molecule has 0 bridgehead atoms. The standard InChI is InChI=1S/C17H17N5O3/c1-2-25-15-9-5-6-12(17(15)24)10-18-20-16(23)11-22-14-8-4-3-7-13(14)19-21-22/h3-10,24H,2,11H2,1H3,(H,20,23)/b18-10-. The van der Waals surface area contributed by atoms with E-state index in [1.165, 1.54) is 10.9 Å². The second-order valence-corrected chi connectivity index (χ2v) is 5.16. The number of hydrogen-bond donors (Lipinski definition) is 2. The van der Waals surface area contributed by atoms with E-state index < -0.39 is 0 Å². The molecule has 0 saturated heterocycles. The summed E-state index contributed by atoms with van der Waals surface area (Å²) in [4.78, 5) is 12.0. The Bertz CT molecular complexity index is 920. The summed E-state index contributed by atoms with van der Waals surface area (Å²) in [6.07, 6.45) is 1.36. The van der Waals surface area contributed by atoms with E-state index in [1.807, 2.05) is 31.2 Å². The third kappa shape index (κ3) is 3.74. The van der Waals surface area contributed by atoms with Gasteiger partial charge in [-0.05, 0) is 31.2 Å². The number of aromatic nitrogens is 3. The number of fused-ring (bicyclic) bond motifs is 1. The maximum atomic E-state index is 12.0. The minimum Gasteiger partial charge on any atom is -0.504 e. The van der Waals surface area contributed by atoms with Crippen LogP contribution in [0.1, 0.15) is 12.5 Å². The second kappa shape index (κ2) is 7.43. The molecule has 2 N–H and O–H groups in total. The average molecular weight is 339 g/mol. The number of phenols is 1. The number of carbonyl (C=O) groups is 1. The molecule has 2 aromatic carbocycles. The molecule has 8 nitrogen and oxygen atoms in total. The first kappa shape index (κ1) is 16.4. The molecular weight excluding hydrogens is 322 g/mol. The zero-order chi connectivity index (χ0) is 17.6. The highest BCUT2D eigenvalue weighted by Gasteiger charge is 2.08. The number of aromatic hydroxyl groups is 1. The molecule has 128 valence electrons. The van der Waals surface area contributed by atoms with Gasteiger partial charge in [-0.2, -0.15) is 5.10 Å². The lowest BCUT2D eigenvalue weighted by Gasteiger charge is -2.07. The van der Waals surface area contributed by atoms with Gasteiger partial charge in [0.1, 0.15) is 12.1 Å². The van der Waals surface area contributed by atoms with Crippen molar-refractivity contribution in [3.8, 4) is 11.5 Å². The van der Waals surface area contributed by atoms with Gasteiger partial charge < -0.3 is 9.84 Å². The van der Waals surface area contributed by atoms with Gasteiger partial charge in [0, 0.05) is 5.56 Å². The molecular formula is C17H17N5O3. The van der Waals surface area contributed by atoms with Crippen LogP contribution in [0, 0.1) is 0 Å². The molecule has 1 aromatic heterocycles. The number of phenolic OH excluding ortho intramolecular Hbond substituents is 1. The second-order valence-electron chi connectivity index (χ2n) is 5.16. The van der Waals surface area contributed by atoms with Crippen LogP contribution in [-0.4, -0.2) is 38.8 Å². The summed E-state index contributed by atoms with van der Waals surface area (Å²) in [5.74, 6) is -0.0103. The molecule has 1 heterocycles. The van der Waals surface area contributed by atoms with E-state index in [2.05, 4.69) is 20.8 Å². The van der Waals surface area contributed by atoms with E-state index in [0.717, 1.165) is 11.0 Å². The summed E-state index contributed by atoms with van der Waals surface area (Å²) in [5.41, 5.74) is 4.33. The van der Waals surface area contributed by atoms with E-state index in [0.29, 0.717) is 17.9 Å². The van der Waals surface area contributed by atoms with Crippen LogP contribution in [0.4, 0.5) is 0 Å². The lowest BCUT2D eigenvalue weighted by molar-refractivity contribution is -0.121. The summed E-state index contributed by atoms with van der Waals surface area (Å²) in [7, 11) is 0. The zero-order valence-electron chi connectivity index (χ0n) is 13.6. The highest BCUT2D eigenvalue weighted by molar-refractivity contribution is 5.86. The molecule has 0 aliphatic heterocycles. The number of benzene rings is 2. The number of rotatable bonds is 6. The molecule has 25 heavy (non-hydrogen) atoms. The summed E-state index contributed by atoms with van der Waals surface area (Å²) in [6, 6.07) is 12.4. The Hall–Kier alpha value is -3.42. The van der Waals surface area contributed by atoms with Crippen LogP contribution in [0.5, 0.6) is 11.5 Å². The van der Waals surface area contributed by atoms with Crippen molar-refractivity contribution in [2.75, 3.05) is 6.61 Å². The van der Waals surface area contributed by atoms with Crippen LogP contribution in [0.15, 0.2) is 47.6 Å². The first-order valence-electron chi connectivity index (χ1n) is 7.74. The number of ether oxygens (including phenoxy) is 1. The molecule has 0 unspecified atom stereocenters. The number of amides is 1. The Kier molecular flexibility index (Phi) is 4.89. The smallest absolute Gasteiger partial charge is 0.261 e. The Labute approximate surface area is 143 Å². The highest BCUT2D eigenvalue weighted by atomic mass is 16.5. The molecule has 0 aliphatic carbocycles. The number of hydrogen-bond acceptors (Lipinski definition) is 6. The van der Waals surface area contributed by atoms with E-state index in [-0.39, 0.29) is 18.2 Å². The fourth-order valence-corrected chi connectivity index (χ4v) is 2.29. The molecule has 0 radical (unpaired) electrons. The quantitative estimate of drug-likeness (QED) is 0.525. The van der Waals surface area contributed by atoms with Gasteiger partial charge in [-0.3, -0.25) is 4.79 Å². The molecule has 0 saturated carbocycles. The van der Waals surface area contributed by atoms with Gasteiger partial charge in [-0.1, -0.05) is 23.4 Å². The molecule has 3 aromatic rings. The van der Waals surface area contributed by atoms with Gasteiger partial charge in [0.2, 0.25) is 0 Å². The number of nitrogens with zero attached hydrogens (tertiary/aromatic N) is 4. The van der Waals surface area contributed by atoms with Gasteiger partial charge in [-0.25, -0.2) is 10.1 Å². The topological polar surface area (TPSA) is 102 Å². The fourth-order valence-electron chi connectivity index (χ4n) is 2.29. The van der Waals surface area contributed by atoms with Crippen molar-refractivity contribution in [3.05, 3.63) is 48.0 Å². The monoisotopic (exact) mass is 339 g/mol. The molecule has 0 fully saturated rings. The van der Waals surface area contributed by atoms with Crippen LogP contribution in [0.3, 0.4) is 0 Å². The maximum Gasteiger partial charge on any atom is 0.261 e. The van der Waals surface area contributed by atoms with E-state index in [9.17, 15) is 9.90 Å². The molecule has 0 aliphatic rings. The normalized spacial score (nSPS) is 11.1. The Morgan fingerprint density at radius 3 is 3.00 bits per heavy atom. The van der Waals surface area contributed by atoms with Gasteiger partial charge in [0.15, 0.2) is 11.5 Å². The van der Waals surface area contributed by atoms with Gasteiger partial charge in [-0.15, -0.1) is 5.10 Å². The number of hydrazone groups is 1. The highest BCUT2D eigenvalue weighted by Crippen LogP contribution is 2.28. The van der Waals surface area contributed by atoms with Crippen molar-refractivity contribution in [3.63, 3.8) is 0 Å². The summed E-state index contributed by atoms with van der Waals surface area (Å²) >= 11 is 0. The first-order valence-corrected chi connectivity index (χ1v) is 7.74. The number of nitrogens with one attached hydrogen (secondary N) is 1. The number of carbonyl (C=O) groups excluding carboxylic acids is 1. The SMILES string of the molecule is CCOc1cccc(/C=N\NC(=O)Cn2nnc3ccccc32)c1O. The molecule has 3 rings (SSSR count). The van der Waals surface area contributed by atoms with E-state index >= 15 is 0 Å². The predicted octanol–water partition coefficient (Wildman–Crippen LogP) is 1.69. The lowest BCUT2D eigenvalue weighted by Crippen LogP contribution is -2.23. The van der Waals surface area contributed by atoms with Crippen LogP contribution < -0.4 is 10.2 Å². The largest absolute Gasteiger partial charge is 0.504 e. The van der Waals surface area contributed by atoms with E-state index in [1.54, 1.807) is 18.2 Å². The first-order chi connectivity index (χ1) is 12.2. The molecule has 0 atom stereocenters. The minimum atomic E-state index is -0.354. The van der Waals surface area contributed by atoms with Crippen molar-refractivity contribution in [1.82, 2.24) is 20.4 Å². The Morgan fingerprint density at radius 2 is 2.16 bits per heavy atom. The van der Waals surface area contributed by atoms with Gasteiger partial charge >= 0.3 is 0 Å². The van der Waals surface area contributed by atoms with Crippen molar-refractivity contribution in [1.29, 1.82) is 0 Å². The Morgan fingerprint density at radius 1 is 1.32 bits per heavy atom. The van der Waals surface area contributed by atoms with Crippen molar-refractivity contribution in [2.45, 2.75) is 13.5 Å². The number of para-hydroxylation sites is 2. The third-order valence-electron chi connectivity index (χ3n) is 3.44. The van der Waals surface area contributed by atoms with Gasteiger partial charge in [0.05, 0.1) is 18.3 Å². The van der Waals surface area contributed by atoms with Crippen LogP contribution in [0.25, 0.3) is 11.0 Å². The summed E-state index contributed by atoms with van der Waals surface area (Å²) in [6.45, 7) is 2.26. The average Bonchev–Trinajstić information content (AvgIpc) is 3.01.